The Bertz CT molecular complexity index is 883. The maximum Gasteiger partial charge on any atom is 0.213 e. The Balaban J connectivity index is 0.000000543. The minimum atomic E-state index is -1.92. The molecule has 186 valence electrons. The number of aryl methyl sites for hydroxylation is 4. The van der Waals surface area contributed by atoms with Gasteiger partial charge in [0.25, 0.3) is 0 Å². The molecule has 0 aliphatic heterocycles. The molecule has 3 rings (SSSR count). The van der Waals surface area contributed by atoms with Crippen LogP contribution in [0.3, 0.4) is 0 Å². The smallest absolute Gasteiger partial charge is 0.213 e. The fourth-order valence-electron chi connectivity index (χ4n) is 3.23. The molecule has 0 amide bonds. The van der Waals surface area contributed by atoms with Crippen LogP contribution in [0.15, 0.2) is 72.8 Å². The summed E-state index contributed by atoms with van der Waals surface area (Å²) in [4.78, 5) is 0. The zero-order valence-electron chi connectivity index (χ0n) is 21.6. The molecule has 3 nitrogen and oxygen atoms in total. The topological polar surface area (TPSA) is 27.7 Å². The Kier molecular flexibility index (Phi) is 11.8. The van der Waals surface area contributed by atoms with Crippen LogP contribution in [0.25, 0.3) is 0 Å². The van der Waals surface area contributed by atoms with Gasteiger partial charge in [-0.05, 0) is 78.1 Å². The van der Waals surface area contributed by atoms with E-state index in [9.17, 15) is 0 Å². The highest BCUT2D eigenvalue weighted by atomic mass is 28.4. The summed E-state index contributed by atoms with van der Waals surface area (Å²) >= 11 is 0. The van der Waals surface area contributed by atoms with E-state index in [4.69, 9.17) is 13.6 Å². The third-order valence-electron chi connectivity index (χ3n) is 4.99. The van der Waals surface area contributed by atoms with Crippen molar-refractivity contribution < 1.29 is 13.6 Å². The Labute approximate surface area is 210 Å². The van der Waals surface area contributed by atoms with Crippen molar-refractivity contribution in [1.29, 1.82) is 0 Å². The molecule has 0 saturated heterocycles. The van der Waals surface area contributed by atoms with Crippen LogP contribution in [0.5, 0.6) is 11.5 Å². The zero-order chi connectivity index (χ0) is 24.5. The maximum absolute atomic E-state index is 6.54. The molecule has 3 aromatic carbocycles. The van der Waals surface area contributed by atoms with Crippen LogP contribution in [0.1, 0.15) is 29.7 Å². The molecule has 0 radical (unpaired) electrons. The van der Waals surface area contributed by atoms with E-state index in [1.165, 1.54) is 22.3 Å². The van der Waals surface area contributed by atoms with Gasteiger partial charge >= 0.3 is 0 Å². The lowest BCUT2D eigenvalue weighted by Gasteiger charge is -2.33. The molecule has 0 fully saturated rings. The van der Waals surface area contributed by atoms with Crippen molar-refractivity contribution >= 4 is 16.6 Å². The molecule has 0 aliphatic carbocycles. The number of benzene rings is 3. The van der Waals surface area contributed by atoms with E-state index >= 15 is 0 Å². The Morgan fingerprint density at radius 1 is 0.471 bits per heavy atom. The number of rotatable bonds is 8. The summed E-state index contributed by atoms with van der Waals surface area (Å²) in [5.41, 5.74) is 5.13. The molecule has 0 N–H and O–H groups in total. The van der Waals surface area contributed by atoms with Crippen molar-refractivity contribution in [2.75, 3.05) is 12.5 Å². The van der Waals surface area contributed by atoms with Crippen LogP contribution in [0, 0.1) is 27.7 Å². The quantitative estimate of drug-likeness (QED) is 0.294. The minimum Gasteiger partial charge on any atom is -0.494 e. The van der Waals surface area contributed by atoms with Gasteiger partial charge in [-0.2, -0.15) is 0 Å². The highest BCUT2D eigenvalue weighted by Gasteiger charge is 2.34. The fourth-order valence-corrected chi connectivity index (χ4v) is 10.7. The zero-order valence-corrected chi connectivity index (χ0v) is 23.6. The fraction of sp³-hybridized carbons (Fsp3) is 0.379. The largest absolute Gasteiger partial charge is 0.494 e. The van der Waals surface area contributed by atoms with Crippen molar-refractivity contribution in [3.8, 4) is 11.5 Å². The molecule has 0 spiro atoms. The highest BCUT2D eigenvalue weighted by Crippen LogP contribution is 2.20. The third-order valence-corrected chi connectivity index (χ3v) is 11.1. The van der Waals surface area contributed by atoms with Gasteiger partial charge in [0.15, 0.2) is 0 Å². The van der Waals surface area contributed by atoms with Gasteiger partial charge in [0.2, 0.25) is 16.6 Å². The first-order valence-electron chi connectivity index (χ1n) is 11.6. The molecule has 0 aromatic heterocycles. The predicted molar refractivity (Wildman–Crippen MR) is 152 cm³/mol. The molecule has 0 aliphatic rings. The molecule has 0 atom stereocenters. The van der Waals surface area contributed by atoms with E-state index in [1.807, 2.05) is 24.3 Å². The summed E-state index contributed by atoms with van der Waals surface area (Å²) in [6.07, 6.45) is 1.30. The summed E-state index contributed by atoms with van der Waals surface area (Å²) in [7, 11) is -3.85. The second-order valence-corrected chi connectivity index (χ2v) is 18.4. The Hall–Kier alpha value is -2.35. The summed E-state index contributed by atoms with van der Waals surface area (Å²) in [6, 6.07) is 24.8. The van der Waals surface area contributed by atoms with Crippen LogP contribution in [0.2, 0.25) is 26.2 Å². The van der Waals surface area contributed by atoms with Crippen molar-refractivity contribution in [1.82, 2.24) is 0 Å². The van der Waals surface area contributed by atoms with Gasteiger partial charge in [0.05, 0.1) is 0 Å². The molecule has 0 unspecified atom stereocenters. The lowest BCUT2D eigenvalue weighted by atomic mass is 10.2. The Morgan fingerprint density at radius 3 is 0.971 bits per heavy atom. The summed E-state index contributed by atoms with van der Waals surface area (Å²) in [6.45, 7) is 17.2. The molecular formula is C29H44O3Si2. The van der Waals surface area contributed by atoms with E-state index in [2.05, 4.69) is 102 Å². The first-order valence-corrected chi connectivity index (χ1v) is 17.8. The van der Waals surface area contributed by atoms with E-state index < -0.39 is 16.6 Å². The number of hydrogen-bond donors (Lipinski definition) is 0. The van der Waals surface area contributed by atoms with Crippen molar-refractivity contribution in [3.05, 3.63) is 95.1 Å². The van der Waals surface area contributed by atoms with Crippen LogP contribution in [-0.2, 0) is 4.12 Å². The number of ether oxygens (including phenoxy) is 2. The van der Waals surface area contributed by atoms with Crippen LogP contribution < -0.4 is 9.47 Å². The standard InChI is InChI=1S/C20H30O3Si2.C8H10.CH4/c1-17-7-11-19(12-8-17)21-15-24(3,4)23-25(5,6)16-22-20-13-9-18(2)10-14-20;1-7-3-5-8(2)6-4-7;/h7-14H,15-16H2,1-6H3;3-6H,1-2H3;1H4. The van der Waals surface area contributed by atoms with E-state index in [0.29, 0.717) is 12.5 Å². The van der Waals surface area contributed by atoms with Crippen molar-refractivity contribution in [3.63, 3.8) is 0 Å². The lowest BCUT2D eigenvalue weighted by molar-refractivity contribution is 0.329. The average Bonchev–Trinajstić information content (AvgIpc) is 2.75. The molecule has 0 heterocycles. The summed E-state index contributed by atoms with van der Waals surface area (Å²) in [5.74, 6) is 1.82. The molecule has 5 heteroatoms. The van der Waals surface area contributed by atoms with Gasteiger partial charge in [0.1, 0.15) is 24.0 Å². The van der Waals surface area contributed by atoms with Gasteiger partial charge in [0, 0.05) is 0 Å². The molecule has 0 bridgehead atoms. The average molecular weight is 497 g/mol. The second kappa shape index (κ2) is 13.5. The molecule has 3 aromatic rings. The van der Waals surface area contributed by atoms with Gasteiger partial charge in [-0.25, -0.2) is 0 Å². The van der Waals surface area contributed by atoms with Crippen LogP contribution in [-0.4, -0.2) is 29.1 Å². The minimum absolute atomic E-state index is 0. The van der Waals surface area contributed by atoms with Gasteiger partial charge in [-0.15, -0.1) is 0 Å². The first kappa shape index (κ1) is 29.7. The van der Waals surface area contributed by atoms with E-state index in [0.717, 1.165) is 11.5 Å². The maximum atomic E-state index is 6.54. The molecule has 34 heavy (non-hydrogen) atoms. The SMILES string of the molecule is C.Cc1ccc(C)cc1.Cc1ccc(OC[Si](C)(C)O[Si](C)(C)COc2ccc(C)cc2)cc1. The molecule has 0 saturated carbocycles. The van der Waals surface area contributed by atoms with Gasteiger partial charge < -0.3 is 13.6 Å². The predicted octanol–water partition coefficient (Wildman–Crippen LogP) is 8.21. The monoisotopic (exact) mass is 496 g/mol. The van der Waals surface area contributed by atoms with E-state index in [1.54, 1.807) is 0 Å². The van der Waals surface area contributed by atoms with Gasteiger partial charge in [-0.1, -0.05) is 78.2 Å². The van der Waals surface area contributed by atoms with Crippen LogP contribution in [0.4, 0.5) is 0 Å². The van der Waals surface area contributed by atoms with Crippen molar-refractivity contribution in [2.24, 2.45) is 0 Å². The molecular weight excluding hydrogens is 452 g/mol. The first-order chi connectivity index (χ1) is 15.4. The lowest BCUT2D eigenvalue weighted by Crippen LogP contribution is -2.51. The highest BCUT2D eigenvalue weighted by molar-refractivity contribution is 6.84. The second-order valence-electron chi connectivity index (χ2n) is 9.98. The summed E-state index contributed by atoms with van der Waals surface area (Å²) < 4.78 is 18.5. The third kappa shape index (κ3) is 11.7. The van der Waals surface area contributed by atoms with Crippen LogP contribution >= 0.6 is 0 Å². The van der Waals surface area contributed by atoms with Gasteiger partial charge in [-0.3, -0.25) is 0 Å². The summed E-state index contributed by atoms with van der Waals surface area (Å²) in [5, 5.41) is 0. The Morgan fingerprint density at radius 2 is 0.706 bits per heavy atom. The number of hydrogen-bond acceptors (Lipinski definition) is 3. The normalized spacial score (nSPS) is 11.1. The van der Waals surface area contributed by atoms with Crippen molar-refractivity contribution in [2.45, 2.75) is 61.3 Å². The van der Waals surface area contributed by atoms with E-state index in [-0.39, 0.29) is 7.43 Å².